The van der Waals surface area contributed by atoms with Crippen molar-refractivity contribution in [2.24, 2.45) is 0 Å². The lowest BCUT2D eigenvalue weighted by Crippen LogP contribution is -2.30. The molecule has 0 aromatic carbocycles. The van der Waals surface area contributed by atoms with E-state index in [0.29, 0.717) is 19.3 Å². The topological polar surface area (TPSA) is 78.9 Å². The Balaban J connectivity index is 4.43. The zero-order valence-corrected chi connectivity index (χ0v) is 42.2. The van der Waals surface area contributed by atoms with Crippen molar-refractivity contribution in [3.63, 3.8) is 0 Å². The van der Waals surface area contributed by atoms with E-state index < -0.39 is 6.10 Å². The number of esters is 3. The van der Waals surface area contributed by atoms with Crippen molar-refractivity contribution in [2.45, 2.75) is 245 Å². The third-order valence-corrected chi connectivity index (χ3v) is 11.1. The number of carbonyl (C=O) groups is 3. The molecule has 0 aliphatic heterocycles. The lowest BCUT2D eigenvalue weighted by Gasteiger charge is -2.18. The number of ether oxygens (including phenoxy) is 3. The van der Waals surface area contributed by atoms with E-state index in [1.165, 1.54) is 64.2 Å². The number of rotatable bonds is 47. The Hall–Kier alpha value is -3.67. The van der Waals surface area contributed by atoms with Gasteiger partial charge in [0.25, 0.3) is 0 Å². The number of unbranched alkanes of at least 4 members (excludes halogenated alkanes) is 20. The predicted molar refractivity (Wildman–Crippen MR) is 279 cm³/mol. The Labute approximate surface area is 400 Å². The maximum atomic E-state index is 12.8. The molecule has 0 amide bonds. The van der Waals surface area contributed by atoms with Gasteiger partial charge in [-0.15, -0.1) is 0 Å². The van der Waals surface area contributed by atoms with Gasteiger partial charge in [-0.25, -0.2) is 0 Å². The molecule has 0 rings (SSSR count). The number of hydrogen-bond acceptors (Lipinski definition) is 6. The van der Waals surface area contributed by atoms with Crippen molar-refractivity contribution in [1.29, 1.82) is 0 Å². The monoisotopic (exact) mass is 903 g/mol. The first-order chi connectivity index (χ1) is 32.0. The minimum Gasteiger partial charge on any atom is -0.462 e. The van der Waals surface area contributed by atoms with Gasteiger partial charge in [0.2, 0.25) is 0 Å². The van der Waals surface area contributed by atoms with Crippen molar-refractivity contribution in [3.8, 4) is 0 Å². The van der Waals surface area contributed by atoms with E-state index in [4.69, 9.17) is 14.2 Å². The first-order valence-electron chi connectivity index (χ1n) is 26.7. The van der Waals surface area contributed by atoms with E-state index >= 15 is 0 Å². The minimum atomic E-state index is -0.795. The van der Waals surface area contributed by atoms with Gasteiger partial charge in [0.1, 0.15) is 13.2 Å². The molecule has 65 heavy (non-hydrogen) atoms. The van der Waals surface area contributed by atoms with Gasteiger partial charge < -0.3 is 14.2 Å². The van der Waals surface area contributed by atoms with Crippen LogP contribution in [0.15, 0.2) is 97.2 Å². The molecule has 0 aromatic rings. The van der Waals surface area contributed by atoms with Crippen LogP contribution in [0.4, 0.5) is 0 Å². The number of carbonyl (C=O) groups excluding carboxylic acids is 3. The molecule has 0 aliphatic carbocycles. The van der Waals surface area contributed by atoms with Gasteiger partial charge in [-0.1, -0.05) is 221 Å². The fourth-order valence-electron chi connectivity index (χ4n) is 7.13. The summed E-state index contributed by atoms with van der Waals surface area (Å²) in [6.07, 6.45) is 69.6. The van der Waals surface area contributed by atoms with Gasteiger partial charge >= 0.3 is 17.9 Å². The van der Waals surface area contributed by atoms with Crippen molar-refractivity contribution in [3.05, 3.63) is 97.2 Å². The summed E-state index contributed by atoms with van der Waals surface area (Å²) < 4.78 is 16.8. The number of allylic oxidation sites excluding steroid dienone is 16. The molecule has 6 heteroatoms. The molecule has 0 saturated heterocycles. The summed E-state index contributed by atoms with van der Waals surface area (Å²) in [5.74, 6) is -0.931. The summed E-state index contributed by atoms with van der Waals surface area (Å²) in [5, 5.41) is 0. The Morgan fingerprint density at radius 1 is 0.323 bits per heavy atom. The fourth-order valence-corrected chi connectivity index (χ4v) is 7.13. The van der Waals surface area contributed by atoms with E-state index in [1.54, 1.807) is 0 Å². The second kappa shape index (κ2) is 52.9. The normalized spacial score (nSPS) is 12.8. The summed E-state index contributed by atoms with van der Waals surface area (Å²) in [7, 11) is 0. The van der Waals surface area contributed by atoms with Crippen LogP contribution in [0, 0.1) is 0 Å². The molecule has 0 radical (unpaired) electrons. The molecule has 1 unspecified atom stereocenters. The second-order valence-corrected chi connectivity index (χ2v) is 17.4. The highest BCUT2D eigenvalue weighted by atomic mass is 16.6. The number of hydrogen-bond donors (Lipinski definition) is 0. The lowest BCUT2D eigenvalue weighted by atomic mass is 10.1. The quantitative estimate of drug-likeness (QED) is 0.0262. The predicted octanol–water partition coefficient (Wildman–Crippen LogP) is 17.8. The van der Waals surface area contributed by atoms with Gasteiger partial charge in [0, 0.05) is 19.3 Å². The van der Waals surface area contributed by atoms with Crippen LogP contribution in [0.25, 0.3) is 0 Å². The van der Waals surface area contributed by atoms with Crippen molar-refractivity contribution >= 4 is 17.9 Å². The Morgan fingerprint density at radius 2 is 0.600 bits per heavy atom. The minimum absolute atomic E-state index is 0.0916. The molecular formula is C59H98O6. The molecule has 0 heterocycles. The second-order valence-electron chi connectivity index (χ2n) is 17.4. The van der Waals surface area contributed by atoms with E-state index in [2.05, 4.69) is 118 Å². The Morgan fingerprint density at radius 3 is 0.938 bits per heavy atom. The smallest absolute Gasteiger partial charge is 0.306 e. The van der Waals surface area contributed by atoms with Crippen LogP contribution in [0.2, 0.25) is 0 Å². The van der Waals surface area contributed by atoms with Gasteiger partial charge in [0.05, 0.1) is 0 Å². The maximum absolute atomic E-state index is 12.8. The van der Waals surface area contributed by atoms with E-state index in [1.807, 2.05) is 0 Å². The lowest BCUT2D eigenvalue weighted by molar-refractivity contribution is -0.167. The van der Waals surface area contributed by atoms with Crippen molar-refractivity contribution < 1.29 is 28.6 Å². The average molecular weight is 903 g/mol. The van der Waals surface area contributed by atoms with Crippen LogP contribution in [-0.2, 0) is 28.6 Å². The van der Waals surface area contributed by atoms with Gasteiger partial charge in [-0.2, -0.15) is 0 Å². The highest BCUT2D eigenvalue weighted by Crippen LogP contribution is 2.14. The third-order valence-electron chi connectivity index (χ3n) is 11.1. The fraction of sp³-hybridized carbons (Fsp3) is 0.678. The summed E-state index contributed by atoms with van der Waals surface area (Å²) in [4.78, 5) is 38.0. The standard InChI is InChI=1S/C59H98O6/c1-4-7-10-13-16-19-22-24-26-28-29-31-32-34-37-40-43-46-49-52-58(61)64-55-56(54-63-57(60)51-48-45-42-39-36-21-18-15-12-9-6-3)65-59(62)53-50-47-44-41-38-35-33-30-27-25-23-20-17-14-11-8-5-2/h7-8,10-11,16-17,19-20,24-27,29,31,33,35,56H,4-6,9,12-15,18,21-23,28,30,32,34,36-55H2,1-3H3/b10-7-,11-8-,19-16-,20-17-,26-24-,27-25-,31-29-,35-33-. The van der Waals surface area contributed by atoms with E-state index in [0.717, 1.165) is 135 Å². The van der Waals surface area contributed by atoms with Crippen LogP contribution in [0.3, 0.4) is 0 Å². The molecule has 0 spiro atoms. The van der Waals surface area contributed by atoms with Crippen LogP contribution in [-0.4, -0.2) is 37.2 Å². The first-order valence-corrected chi connectivity index (χ1v) is 26.7. The Kier molecular flexibility index (Phi) is 50.0. The zero-order valence-electron chi connectivity index (χ0n) is 42.2. The molecule has 0 saturated carbocycles. The third kappa shape index (κ3) is 51.2. The highest BCUT2D eigenvalue weighted by Gasteiger charge is 2.19. The van der Waals surface area contributed by atoms with Gasteiger partial charge in [-0.05, 0) is 96.3 Å². The molecular weight excluding hydrogens is 805 g/mol. The van der Waals surface area contributed by atoms with Crippen LogP contribution in [0.5, 0.6) is 0 Å². The maximum Gasteiger partial charge on any atom is 0.306 e. The average Bonchev–Trinajstić information content (AvgIpc) is 3.30. The SMILES string of the molecule is CC/C=C\C/C=C\C/C=C\C/C=C\CCCCCCCCC(=O)OCC(COC(=O)CCCCCCCCCCCCC)OC(=O)CCCCCC/C=C\C/C=C\C/C=C\C/C=C\CC. The summed E-state index contributed by atoms with van der Waals surface area (Å²) in [6.45, 7) is 6.37. The van der Waals surface area contributed by atoms with E-state index in [-0.39, 0.29) is 31.1 Å². The molecule has 1 atom stereocenters. The zero-order chi connectivity index (χ0) is 47.2. The molecule has 0 bridgehead atoms. The molecule has 0 fully saturated rings. The largest absolute Gasteiger partial charge is 0.462 e. The summed E-state index contributed by atoms with van der Waals surface area (Å²) in [5.41, 5.74) is 0. The molecule has 0 aromatic heterocycles. The molecule has 0 N–H and O–H groups in total. The highest BCUT2D eigenvalue weighted by molar-refractivity contribution is 5.71. The molecule has 0 aliphatic rings. The van der Waals surface area contributed by atoms with Crippen molar-refractivity contribution in [1.82, 2.24) is 0 Å². The van der Waals surface area contributed by atoms with Gasteiger partial charge in [0.15, 0.2) is 6.10 Å². The molecule has 6 nitrogen and oxygen atoms in total. The molecule has 370 valence electrons. The van der Waals surface area contributed by atoms with Crippen molar-refractivity contribution in [2.75, 3.05) is 13.2 Å². The van der Waals surface area contributed by atoms with Gasteiger partial charge in [-0.3, -0.25) is 14.4 Å². The summed E-state index contributed by atoms with van der Waals surface area (Å²) in [6, 6.07) is 0. The first kappa shape index (κ1) is 61.3. The van der Waals surface area contributed by atoms with Crippen LogP contribution in [0.1, 0.15) is 239 Å². The van der Waals surface area contributed by atoms with E-state index in [9.17, 15) is 14.4 Å². The van der Waals surface area contributed by atoms with Crippen LogP contribution >= 0.6 is 0 Å². The summed E-state index contributed by atoms with van der Waals surface area (Å²) >= 11 is 0. The Bertz CT molecular complexity index is 1310. The van der Waals surface area contributed by atoms with Crippen LogP contribution < -0.4 is 0 Å².